The van der Waals surface area contributed by atoms with Crippen molar-refractivity contribution in [1.29, 1.82) is 0 Å². The molecule has 0 aliphatic heterocycles. The number of likely N-dealkylation sites (N-methyl/N-ethyl adjacent to an activating group) is 1. The summed E-state index contributed by atoms with van der Waals surface area (Å²) in [5.74, 6) is 3.23. The highest BCUT2D eigenvalue weighted by atomic mass is 32.2. The smallest absolute Gasteiger partial charge is 0.274 e. The van der Waals surface area contributed by atoms with Crippen molar-refractivity contribution in [2.75, 3.05) is 19.3 Å². The number of hydrogen-bond acceptors (Lipinski definition) is 4. The Morgan fingerprint density at radius 1 is 1.38 bits per heavy atom. The van der Waals surface area contributed by atoms with E-state index in [0.717, 1.165) is 22.0 Å². The van der Waals surface area contributed by atoms with Crippen molar-refractivity contribution in [2.45, 2.75) is 26.2 Å². The average molecular weight is 342 g/mol. The van der Waals surface area contributed by atoms with Crippen LogP contribution in [0.1, 0.15) is 25.0 Å². The highest BCUT2D eigenvalue weighted by molar-refractivity contribution is 7.99. The first-order valence-corrected chi connectivity index (χ1v) is 9.18. The van der Waals surface area contributed by atoms with Gasteiger partial charge in [0.1, 0.15) is 5.75 Å². The summed E-state index contributed by atoms with van der Waals surface area (Å²) in [6.07, 6.45) is 9.01. The number of ether oxygens (including phenoxy) is 1. The van der Waals surface area contributed by atoms with Crippen LogP contribution in [0, 0.1) is 19.3 Å². The SMILES string of the molecule is C#Cc1cnc2c(C)cc(OC(SC)C(=O)N(CC)CC)cc2c1. The molecule has 0 radical (unpaired) electrons. The summed E-state index contributed by atoms with van der Waals surface area (Å²) in [5, 5.41) is 0.913. The zero-order valence-corrected chi connectivity index (χ0v) is 15.3. The summed E-state index contributed by atoms with van der Waals surface area (Å²) in [4.78, 5) is 18.7. The molecule has 1 unspecified atom stereocenters. The van der Waals surface area contributed by atoms with E-state index in [1.54, 1.807) is 11.1 Å². The lowest BCUT2D eigenvalue weighted by Crippen LogP contribution is -2.40. The molecule has 1 heterocycles. The van der Waals surface area contributed by atoms with Crippen LogP contribution in [0.3, 0.4) is 0 Å². The monoisotopic (exact) mass is 342 g/mol. The molecule has 4 nitrogen and oxygen atoms in total. The van der Waals surface area contributed by atoms with Gasteiger partial charge in [-0.25, -0.2) is 0 Å². The Balaban J connectivity index is 2.34. The fourth-order valence-corrected chi connectivity index (χ4v) is 3.11. The molecular weight excluding hydrogens is 320 g/mol. The van der Waals surface area contributed by atoms with Crippen LogP contribution >= 0.6 is 11.8 Å². The van der Waals surface area contributed by atoms with Crippen LogP contribution in [-0.2, 0) is 4.79 Å². The highest BCUT2D eigenvalue weighted by Crippen LogP contribution is 2.26. The van der Waals surface area contributed by atoms with Crippen LogP contribution in [0.15, 0.2) is 24.4 Å². The Bertz CT molecular complexity index is 779. The third kappa shape index (κ3) is 3.82. The molecule has 0 spiro atoms. The van der Waals surface area contributed by atoms with Gasteiger partial charge in [0, 0.05) is 30.2 Å². The van der Waals surface area contributed by atoms with E-state index in [1.165, 1.54) is 11.8 Å². The topological polar surface area (TPSA) is 42.4 Å². The molecule has 0 bridgehead atoms. The fourth-order valence-electron chi connectivity index (χ4n) is 2.55. The van der Waals surface area contributed by atoms with Gasteiger partial charge >= 0.3 is 0 Å². The van der Waals surface area contributed by atoms with Crippen molar-refractivity contribution in [3.8, 4) is 18.1 Å². The first kappa shape index (κ1) is 18.2. The number of hydrogen-bond donors (Lipinski definition) is 0. The van der Waals surface area contributed by atoms with Crippen molar-refractivity contribution in [2.24, 2.45) is 0 Å². The minimum Gasteiger partial charge on any atom is -0.470 e. The Morgan fingerprint density at radius 2 is 2.08 bits per heavy atom. The first-order chi connectivity index (χ1) is 11.5. The Morgan fingerprint density at radius 3 is 2.67 bits per heavy atom. The number of carbonyl (C=O) groups is 1. The minimum absolute atomic E-state index is 0.0132. The van der Waals surface area contributed by atoms with Crippen molar-refractivity contribution >= 4 is 28.6 Å². The van der Waals surface area contributed by atoms with Crippen molar-refractivity contribution in [3.63, 3.8) is 0 Å². The van der Waals surface area contributed by atoms with E-state index >= 15 is 0 Å². The number of pyridine rings is 1. The molecule has 0 fully saturated rings. The number of terminal acetylenes is 1. The number of thioether (sulfide) groups is 1. The van der Waals surface area contributed by atoms with Gasteiger partial charge in [0.15, 0.2) is 0 Å². The Hall–Kier alpha value is -2.19. The van der Waals surface area contributed by atoms with Crippen LogP contribution in [0.5, 0.6) is 5.75 Å². The van der Waals surface area contributed by atoms with E-state index < -0.39 is 5.44 Å². The molecule has 2 rings (SSSR count). The first-order valence-electron chi connectivity index (χ1n) is 7.89. The summed E-state index contributed by atoms with van der Waals surface area (Å²) in [6.45, 7) is 7.24. The third-order valence-corrected chi connectivity index (χ3v) is 4.57. The van der Waals surface area contributed by atoms with E-state index in [1.807, 2.05) is 45.2 Å². The minimum atomic E-state index is -0.564. The molecule has 0 saturated carbocycles. The van der Waals surface area contributed by atoms with Gasteiger partial charge in [-0.15, -0.1) is 18.2 Å². The van der Waals surface area contributed by atoms with E-state index in [9.17, 15) is 4.79 Å². The van der Waals surface area contributed by atoms with Gasteiger partial charge < -0.3 is 9.64 Å². The van der Waals surface area contributed by atoms with Gasteiger partial charge in [-0.3, -0.25) is 9.78 Å². The largest absolute Gasteiger partial charge is 0.470 e. The van der Waals surface area contributed by atoms with Crippen LogP contribution in [0.4, 0.5) is 0 Å². The lowest BCUT2D eigenvalue weighted by atomic mass is 10.1. The molecule has 5 heteroatoms. The summed E-state index contributed by atoms with van der Waals surface area (Å²) in [7, 11) is 0. The van der Waals surface area contributed by atoms with Gasteiger partial charge in [0.25, 0.3) is 5.91 Å². The summed E-state index contributed by atoms with van der Waals surface area (Å²) in [6, 6.07) is 5.70. The second kappa shape index (κ2) is 8.07. The molecule has 0 saturated heterocycles. The van der Waals surface area contributed by atoms with Crippen LogP contribution < -0.4 is 4.74 Å². The number of benzene rings is 1. The molecule has 1 atom stereocenters. The Labute approximate surface area is 147 Å². The Kier molecular flexibility index (Phi) is 6.10. The molecule has 1 aromatic carbocycles. The zero-order valence-electron chi connectivity index (χ0n) is 14.5. The van der Waals surface area contributed by atoms with E-state index in [-0.39, 0.29) is 5.91 Å². The summed E-state index contributed by atoms with van der Waals surface area (Å²) >= 11 is 1.39. The zero-order chi connectivity index (χ0) is 17.7. The second-order valence-corrected chi connectivity index (χ2v) is 6.28. The molecule has 126 valence electrons. The van der Waals surface area contributed by atoms with Crippen LogP contribution in [0.25, 0.3) is 10.9 Å². The molecule has 0 aliphatic carbocycles. The summed E-state index contributed by atoms with van der Waals surface area (Å²) in [5.41, 5.74) is 2.03. The predicted molar refractivity (Wildman–Crippen MR) is 100 cm³/mol. The maximum Gasteiger partial charge on any atom is 0.274 e. The molecule has 0 N–H and O–H groups in total. The summed E-state index contributed by atoms with van der Waals surface area (Å²) < 4.78 is 5.96. The van der Waals surface area contributed by atoms with Crippen molar-refractivity contribution in [1.82, 2.24) is 9.88 Å². The van der Waals surface area contributed by atoms with Gasteiger partial charge in [-0.2, -0.15) is 0 Å². The third-order valence-electron chi connectivity index (χ3n) is 3.85. The van der Waals surface area contributed by atoms with E-state index in [2.05, 4.69) is 10.9 Å². The quantitative estimate of drug-likeness (QED) is 0.595. The molecule has 0 aliphatic rings. The lowest BCUT2D eigenvalue weighted by molar-refractivity contribution is -0.134. The number of rotatable bonds is 6. The normalized spacial score (nSPS) is 11.8. The van der Waals surface area contributed by atoms with Crippen LogP contribution in [-0.4, -0.2) is 40.6 Å². The maximum atomic E-state index is 12.5. The molecule has 1 amide bonds. The number of carbonyl (C=O) groups excluding carboxylic acids is 1. The predicted octanol–water partition coefficient (Wildman–Crippen LogP) is 3.46. The van der Waals surface area contributed by atoms with E-state index in [4.69, 9.17) is 11.2 Å². The lowest BCUT2D eigenvalue weighted by Gasteiger charge is -2.24. The molecule has 2 aromatic rings. The maximum absolute atomic E-state index is 12.5. The molecule has 24 heavy (non-hydrogen) atoms. The number of fused-ring (bicyclic) bond motifs is 1. The molecular formula is C19H22N2O2S. The highest BCUT2D eigenvalue weighted by Gasteiger charge is 2.23. The number of aryl methyl sites for hydroxylation is 1. The van der Waals surface area contributed by atoms with Gasteiger partial charge in [-0.1, -0.05) is 5.92 Å². The molecule has 1 aromatic heterocycles. The average Bonchev–Trinajstić information content (AvgIpc) is 2.60. The second-order valence-electron chi connectivity index (χ2n) is 5.38. The van der Waals surface area contributed by atoms with Gasteiger partial charge in [0.05, 0.1) is 5.52 Å². The van der Waals surface area contributed by atoms with E-state index in [0.29, 0.717) is 18.8 Å². The number of aromatic nitrogens is 1. The van der Waals surface area contributed by atoms with Crippen LogP contribution in [0.2, 0.25) is 0 Å². The van der Waals surface area contributed by atoms with Crippen molar-refractivity contribution in [3.05, 3.63) is 35.5 Å². The standard InChI is InChI=1S/C19H22N2O2S/c1-6-14-10-15-11-16(9-13(4)17(15)20-12-14)23-19(24-5)18(22)21(7-2)8-3/h1,9-12,19H,7-8H2,2-5H3. The number of amides is 1. The number of nitrogens with zero attached hydrogens (tertiary/aromatic N) is 2. The van der Waals surface area contributed by atoms with Crippen molar-refractivity contribution < 1.29 is 9.53 Å². The van der Waals surface area contributed by atoms with Gasteiger partial charge in [0.2, 0.25) is 5.44 Å². The van der Waals surface area contributed by atoms with Gasteiger partial charge in [-0.05, 0) is 50.8 Å². The fraction of sp³-hybridized carbons (Fsp3) is 0.368.